The Labute approximate surface area is 129 Å². The molecule has 116 valence electrons. The second kappa shape index (κ2) is 6.51. The summed E-state index contributed by atoms with van der Waals surface area (Å²) in [5.41, 5.74) is 1.24. The number of amides is 2. The predicted octanol–water partition coefficient (Wildman–Crippen LogP) is 2.63. The molecule has 0 unspecified atom stereocenters. The molecule has 2 N–H and O–H groups in total. The van der Waals surface area contributed by atoms with Gasteiger partial charge in [-0.05, 0) is 31.4 Å². The summed E-state index contributed by atoms with van der Waals surface area (Å²) in [5.74, 6) is 1.57. The van der Waals surface area contributed by atoms with E-state index in [1.54, 1.807) is 13.0 Å². The number of nitrogens with one attached hydrogen (secondary N) is 2. The highest BCUT2D eigenvalue weighted by atomic mass is 16.5. The van der Waals surface area contributed by atoms with E-state index in [1.807, 2.05) is 18.2 Å². The maximum absolute atomic E-state index is 11.8. The van der Waals surface area contributed by atoms with Gasteiger partial charge in [0.2, 0.25) is 0 Å². The van der Waals surface area contributed by atoms with Gasteiger partial charge in [-0.15, -0.1) is 0 Å². The second-order valence-corrected chi connectivity index (χ2v) is 5.59. The molecule has 1 saturated heterocycles. The number of aromatic nitrogens is 1. The Morgan fingerprint density at radius 3 is 2.95 bits per heavy atom. The molecular weight excluding hydrogens is 280 g/mol. The van der Waals surface area contributed by atoms with Crippen LogP contribution in [0.3, 0.4) is 0 Å². The molecule has 2 aromatic rings. The van der Waals surface area contributed by atoms with E-state index in [0.29, 0.717) is 24.0 Å². The lowest BCUT2D eigenvalue weighted by molar-refractivity contribution is 0.250. The van der Waals surface area contributed by atoms with Gasteiger partial charge in [-0.25, -0.2) is 4.79 Å². The van der Waals surface area contributed by atoms with Crippen LogP contribution < -0.4 is 15.5 Å². The summed E-state index contributed by atoms with van der Waals surface area (Å²) in [6.07, 6.45) is 1.08. The minimum atomic E-state index is -0.244. The standard InChI is InChI=1S/C16H20N4O2/c1-12-9-15(19-22-12)18-16(21)17-10-13-7-8-20(11-13)14-5-3-2-4-6-14/h2-6,9,13H,7-8,10-11H2,1H3,(H2,17,18,19,21)/t13-/m1/s1. The smallest absolute Gasteiger partial charge is 0.320 e. The average molecular weight is 300 g/mol. The van der Waals surface area contributed by atoms with E-state index in [0.717, 1.165) is 19.5 Å². The number of rotatable bonds is 4. The molecule has 22 heavy (non-hydrogen) atoms. The highest BCUT2D eigenvalue weighted by Gasteiger charge is 2.23. The van der Waals surface area contributed by atoms with Crippen molar-refractivity contribution in [2.75, 3.05) is 29.9 Å². The number of urea groups is 1. The summed E-state index contributed by atoms with van der Waals surface area (Å²) < 4.78 is 4.91. The van der Waals surface area contributed by atoms with Crippen LogP contribution in [0, 0.1) is 12.8 Å². The van der Waals surface area contributed by atoms with Gasteiger partial charge >= 0.3 is 6.03 Å². The summed E-state index contributed by atoms with van der Waals surface area (Å²) in [5, 5.41) is 9.29. The van der Waals surface area contributed by atoms with Crippen molar-refractivity contribution in [3.63, 3.8) is 0 Å². The maximum atomic E-state index is 11.8. The van der Waals surface area contributed by atoms with Gasteiger partial charge in [-0.2, -0.15) is 0 Å². The van der Waals surface area contributed by atoms with Crippen LogP contribution in [-0.4, -0.2) is 30.8 Å². The molecule has 3 rings (SSSR count). The van der Waals surface area contributed by atoms with Crippen LogP contribution in [0.1, 0.15) is 12.2 Å². The lowest BCUT2D eigenvalue weighted by atomic mass is 10.1. The zero-order chi connectivity index (χ0) is 15.4. The van der Waals surface area contributed by atoms with Crippen molar-refractivity contribution < 1.29 is 9.32 Å². The van der Waals surface area contributed by atoms with Crippen LogP contribution in [0.25, 0.3) is 0 Å². The van der Waals surface area contributed by atoms with Crippen LogP contribution in [0.15, 0.2) is 40.9 Å². The van der Waals surface area contributed by atoms with Crippen LogP contribution in [-0.2, 0) is 0 Å². The fourth-order valence-corrected chi connectivity index (χ4v) is 2.70. The van der Waals surface area contributed by atoms with E-state index in [1.165, 1.54) is 5.69 Å². The predicted molar refractivity (Wildman–Crippen MR) is 85.0 cm³/mol. The van der Waals surface area contributed by atoms with Crippen LogP contribution in [0.4, 0.5) is 16.3 Å². The van der Waals surface area contributed by atoms with Gasteiger partial charge in [-0.3, -0.25) is 5.32 Å². The number of aryl methyl sites for hydroxylation is 1. The maximum Gasteiger partial charge on any atom is 0.320 e. The topological polar surface area (TPSA) is 70.4 Å². The molecule has 0 radical (unpaired) electrons. The molecular formula is C16H20N4O2. The van der Waals surface area contributed by atoms with Gasteiger partial charge in [0.1, 0.15) is 5.76 Å². The van der Waals surface area contributed by atoms with E-state index >= 15 is 0 Å². The van der Waals surface area contributed by atoms with Crippen molar-refractivity contribution in [1.82, 2.24) is 10.5 Å². The average Bonchev–Trinajstić information content (AvgIpc) is 3.15. The Bertz CT molecular complexity index is 626. The van der Waals surface area contributed by atoms with E-state index < -0.39 is 0 Å². The third-order valence-corrected chi connectivity index (χ3v) is 3.83. The van der Waals surface area contributed by atoms with Crippen LogP contribution >= 0.6 is 0 Å². The molecule has 2 amide bonds. The highest BCUT2D eigenvalue weighted by Crippen LogP contribution is 2.22. The number of para-hydroxylation sites is 1. The number of carbonyl (C=O) groups is 1. The fraction of sp³-hybridized carbons (Fsp3) is 0.375. The number of nitrogens with zero attached hydrogens (tertiary/aromatic N) is 2. The molecule has 6 nitrogen and oxygen atoms in total. The van der Waals surface area contributed by atoms with E-state index in [4.69, 9.17) is 4.52 Å². The molecule has 1 aliphatic heterocycles. The Morgan fingerprint density at radius 1 is 1.41 bits per heavy atom. The largest absolute Gasteiger partial charge is 0.371 e. The lowest BCUT2D eigenvalue weighted by Crippen LogP contribution is -2.34. The Morgan fingerprint density at radius 2 is 2.23 bits per heavy atom. The zero-order valence-corrected chi connectivity index (χ0v) is 12.6. The number of carbonyl (C=O) groups excluding carboxylic acids is 1. The molecule has 6 heteroatoms. The molecule has 0 aliphatic carbocycles. The third-order valence-electron chi connectivity index (χ3n) is 3.83. The summed E-state index contributed by atoms with van der Waals surface area (Å²) in [4.78, 5) is 14.2. The second-order valence-electron chi connectivity index (χ2n) is 5.59. The first kappa shape index (κ1) is 14.4. The van der Waals surface area contributed by atoms with Gasteiger partial charge in [0, 0.05) is 31.4 Å². The fourth-order valence-electron chi connectivity index (χ4n) is 2.70. The molecule has 0 bridgehead atoms. The molecule has 2 heterocycles. The molecule has 1 aliphatic rings. The number of benzene rings is 1. The molecule has 1 aromatic carbocycles. The normalized spacial score (nSPS) is 17.5. The van der Waals surface area contributed by atoms with Crippen molar-refractivity contribution in [3.05, 3.63) is 42.2 Å². The lowest BCUT2D eigenvalue weighted by Gasteiger charge is -2.18. The van der Waals surface area contributed by atoms with Gasteiger partial charge in [0.15, 0.2) is 5.82 Å². The van der Waals surface area contributed by atoms with E-state index in [-0.39, 0.29) is 6.03 Å². The summed E-state index contributed by atoms with van der Waals surface area (Å²) in [7, 11) is 0. The third kappa shape index (κ3) is 3.58. The zero-order valence-electron chi connectivity index (χ0n) is 12.6. The van der Waals surface area contributed by atoms with Crippen molar-refractivity contribution in [2.24, 2.45) is 5.92 Å². The minimum absolute atomic E-state index is 0.244. The molecule has 1 fully saturated rings. The van der Waals surface area contributed by atoms with Crippen LogP contribution in [0.5, 0.6) is 0 Å². The first-order chi connectivity index (χ1) is 10.7. The van der Waals surface area contributed by atoms with Gasteiger partial charge in [-0.1, -0.05) is 23.4 Å². The van der Waals surface area contributed by atoms with Crippen molar-refractivity contribution in [1.29, 1.82) is 0 Å². The number of hydrogen-bond donors (Lipinski definition) is 2. The van der Waals surface area contributed by atoms with Gasteiger partial charge < -0.3 is 14.7 Å². The van der Waals surface area contributed by atoms with Crippen molar-refractivity contribution >= 4 is 17.5 Å². The Hall–Kier alpha value is -2.50. The van der Waals surface area contributed by atoms with E-state index in [9.17, 15) is 4.79 Å². The molecule has 1 atom stereocenters. The summed E-state index contributed by atoms with van der Waals surface area (Å²) in [6, 6.07) is 11.8. The monoisotopic (exact) mass is 300 g/mol. The van der Waals surface area contributed by atoms with Crippen LogP contribution in [0.2, 0.25) is 0 Å². The Balaban J connectivity index is 1.44. The SMILES string of the molecule is Cc1cc(NC(=O)NC[C@H]2CCN(c3ccccc3)C2)no1. The Kier molecular flexibility index (Phi) is 4.27. The summed E-state index contributed by atoms with van der Waals surface area (Å²) >= 11 is 0. The van der Waals surface area contributed by atoms with E-state index in [2.05, 4.69) is 32.8 Å². The first-order valence-electron chi connectivity index (χ1n) is 7.49. The highest BCUT2D eigenvalue weighted by molar-refractivity contribution is 5.88. The quantitative estimate of drug-likeness (QED) is 0.910. The van der Waals surface area contributed by atoms with Gasteiger partial charge in [0.05, 0.1) is 0 Å². The number of hydrogen-bond acceptors (Lipinski definition) is 4. The van der Waals surface area contributed by atoms with Crippen molar-refractivity contribution in [2.45, 2.75) is 13.3 Å². The molecule has 0 saturated carbocycles. The van der Waals surface area contributed by atoms with Gasteiger partial charge in [0.25, 0.3) is 0 Å². The molecule has 1 aromatic heterocycles. The van der Waals surface area contributed by atoms with Crippen molar-refractivity contribution in [3.8, 4) is 0 Å². The number of anilines is 2. The summed E-state index contributed by atoms with van der Waals surface area (Å²) in [6.45, 7) is 4.44. The molecule has 0 spiro atoms. The first-order valence-corrected chi connectivity index (χ1v) is 7.49. The minimum Gasteiger partial charge on any atom is -0.371 e.